The van der Waals surface area contributed by atoms with E-state index in [1.807, 2.05) is 18.7 Å². The maximum Gasteiger partial charge on any atom is 0.250 e. The second-order valence-electron chi connectivity index (χ2n) is 5.13. The summed E-state index contributed by atoms with van der Waals surface area (Å²) in [6.45, 7) is 6.42. The number of aryl methyl sites for hydroxylation is 1. The highest BCUT2D eigenvalue weighted by Gasteiger charge is 2.18. The van der Waals surface area contributed by atoms with Crippen molar-refractivity contribution in [3.63, 3.8) is 0 Å². The zero-order chi connectivity index (χ0) is 16.2. The molecule has 0 saturated carbocycles. The Bertz CT molecular complexity index is 627. The third-order valence-corrected chi connectivity index (χ3v) is 6.18. The fraction of sp³-hybridized carbons (Fsp3) is 0.615. The van der Waals surface area contributed by atoms with Gasteiger partial charge in [0.2, 0.25) is 10.0 Å². The Labute approximate surface area is 135 Å². The molecule has 1 saturated heterocycles. The van der Waals surface area contributed by atoms with Gasteiger partial charge < -0.3 is 15.4 Å². The Morgan fingerprint density at radius 3 is 3.00 bits per heavy atom. The van der Waals surface area contributed by atoms with E-state index in [-0.39, 0.29) is 12.6 Å². The van der Waals surface area contributed by atoms with Gasteiger partial charge in [-0.05, 0) is 26.0 Å². The van der Waals surface area contributed by atoms with Crippen molar-refractivity contribution in [3.05, 3.63) is 17.0 Å². The monoisotopic (exact) mass is 346 g/mol. The van der Waals surface area contributed by atoms with E-state index in [4.69, 9.17) is 10.5 Å². The van der Waals surface area contributed by atoms with E-state index in [1.54, 1.807) is 12.1 Å². The highest BCUT2D eigenvalue weighted by Crippen LogP contribution is 2.19. The largest absolute Gasteiger partial charge is 0.375 e. The number of ether oxygens (including phenoxy) is 1. The molecule has 2 rings (SSSR count). The van der Waals surface area contributed by atoms with Crippen LogP contribution in [0.15, 0.2) is 21.3 Å². The second kappa shape index (κ2) is 7.40. The summed E-state index contributed by atoms with van der Waals surface area (Å²) in [6.07, 6.45) is 0.128. The van der Waals surface area contributed by atoms with Crippen LogP contribution in [0.3, 0.4) is 0 Å². The molecule has 0 bridgehead atoms. The first-order valence-corrected chi connectivity index (χ1v) is 9.41. The van der Waals surface area contributed by atoms with Gasteiger partial charge in [0.25, 0.3) is 0 Å². The maximum absolute atomic E-state index is 12.0. The number of rotatable bonds is 5. The van der Waals surface area contributed by atoms with Crippen molar-refractivity contribution < 1.29 is 13.2 Å². The smallest absolute Gasteiger partial charge is 0.250 e. The SMILES string of the molecule is Cc1ccc(S(=O)(=O)NCCN=C(N)N2CCOC(C)C2)s1. The van der Waals surface area contributed by atoms with Crippen molar-refractivity contribution >= 4 is 27.3 Å². The number of guanidine groups is 1. The van der Waals surface area contributed by atoms with E-state index in [2.05, 4.69) is 9.71 Å². The number of nitrogens with two attached hydrogens (primary N) is 1. The van der Waals surface area contributed by atoms with Crippen LogP contribution in [0.2, 0.25) is 0 Å². The van der Waals surface area contributed by atoms with E-state index in [0.717, 1.165) is 4.88 Å². The maximum atomic E-state index is 12.0. The van der Waals surface area contributed by atoms with Gasteiger partial charge in [0.1, 0.15) is 4.21 Å². The Balaban J connectivity index is 1.82. The summed E-state index contributed by atoms with van der Waals surface area (Å²) in [5.41, 5.74) is 5.92. The molecule has 1 aromatic heterocycles. The molecule has 9 heteroatoms. The highest BCUT2D eigenvalue weighted by molar-refractivity contribution is 7.91. The summed E-state index contributed by atoms with van der Waals surface area (Å²) in [5, 5.41) is 0. The topological polar surface area (TPSA) is 97.0 Å². The molecule has 124 valence electrons. The lowest BCUT2D eigenvalue weighted by Gasteiger charge is -2.31. The molecule has 0 aromatic carbocycles. The molecule has 0 spiro atoms. The predicted molar refractivity (Wildman–Crippen MR) is 87.7 cm³/mol. The van der Waals surface area contributed by atoms with Crippen LogP contribution in [0.1, 0.15) is 11.8 Å². The lowest BCUT2D eigenvalue weighted by molar-refractivity contribution is 0.00530. The van der Waals surface area contributed by atoms with Crippen molar-refractivity contribution in [2.75, 3.05) is 32.8 Å². The quantitative estimate of drug-likeness (QED) is 0.456. The van der Waals surface area contributed by atoms with Gasteiger partial charge in [-0.1, -0.05) is 0 Å². The van der Waals surface area contributed by atoms with Crippen molar-refractivity contribution in [1.82, 2.24) is 9.62 Å². The molecule has 0 radical (unpaired) electrons. The Kier molecular flexibility index (Phi) is 5.79. The summed E-state index contributed by atoms with van der Waals surface area (Å²) >= 11 is 1.25. The molecule has 1 aliphatic heterocycles. The van der Waals surface area contributed by atoms with Crippen molar-refractivity contribution in [2.24, 2.45) is 10.7 Å². The fourth-order valence-corrected chi connectivity index (χ4v) is 4.45. The minimum Gasteiger partial charge on any atom is -0.375 e. The lowest BCUT2D eigenvalue weighted by Crippen LogP contribution is -2.48. The number of hydrogen-bond donors (Lipinski definition) is 2. The Morgan fingerprint density at radius 1 is 1.59 bits per heavy atom. The van der Waals surface area contributed by atoms with Gasteiger partial charge >= 0.3 is 0 Å². The molecule has 3 N–H and O–H groups in total. The summed E-state index contributed by atoms with van der Waals surface area (Å²) < 4.78 is 32.3. The molecule has 1 fully saturated rings. The van der Waals surface area contributed by atoms with Crippen molar-refractivity contribution in [3.8, 4) is 0 Å². The first-order chi connectivity index (χ1) is 10.4. The van der Waals surface area contributed by atoms with Crippen LogP contribution in [-0.4, -0.2) is 58.2 Å². The summed E-state index contributed by atoms with van der Waals surface area (Å²) in [7, 11) is -3.45. The molecule has 22 heavy (non-hydrogen) atoms. The minimum atomic E-state index is -3.45. The van der Waals surface area contributed by atoms with Crippen LogP contribution in [0.5, 0.6) is 0 Å². The van der Waals surface area contributed by atoms with Crippen LogP contribution < -0.4 is 10.5 Å². The molecule has 1 aliphatic rings. The zero-order valence-electron chi connectivity index (χ0n) is 12.8. The number of aliphatic imine (C=N–C) groups is 1. The third kappa shape index (κ3) is 4.67. The van der Waals surface area contributed by atoms with Gasteiger partial charge in [-0.2, -0.15) is 0 Å². The minimum absolute atomic E-state index is 0.128. The fourth-order valence-electron chi connectivity index (χ4n) is 2.10. The van der Waals surface area contributed by atoms with Crippen LogP contribution in [-0.2, 0) is 14.8 Å². The average molecular weight is 346 g/mol. The lowest BCUT2D eigenvalue weighted by atomic mass is 10.3. The van der Waals surface area contributed by atoms with Crippen LogP contribution >= 0.6 is 11.3 Å². The van der Waals surface area contributed by atoms with E-state index in [9.17, 15) is 8.42 Å². The zero-order valence-corrected chi connectivity index (χ0v) is 14.4. The van der Waals surface area contributed by atoms with Crippen molar-refractivity contribution in [2.45, 2.75) is 24.2 Å². The van der Waals surface area contributed by atoms with Gasteiger partial charge in [0.05, 0.1) is 19.3 Å². The Morgan fingerprint density at radius 2 is 2.36 bits per heavy atom. The van der Waals surface area contributed by atoms with E-state index in [1.165, 1.54) is 11.3 Å². The number of nitrogens with zero attached hydrogens (tertiary/aromatic N) is 2. The second-order valence-corrected chi connectivity index (χ2v) is 8.41. The first kappa shape index (κ1) is 17.2. The van der Waals surface area contributed by atoms with Gasteiger partial charge in [0.15, 0.2) is 5.96 Å². The number of nitrogens with one attached hydrogen (secondary N) is 1. The van der Waals surface area contributed by atoms with Gasteiger partial charge in [-0.3, -0.25) is 4.99 Å². The van der Waals surface area contributed by atoms with Crippen molar-refractivity contribution in [1.29, 1.82) is 0 Å². The molecule has 1 unspecified atom stereocenters. The van der Waals surface area contributed by atoms with Crippen LogP contribution in [0, 0.1) is 6.92 Å². The van der Waals surface area contributed by atoms with Crippen LogP contribution in [0.25, 0.3) is 0 Å². The van der Waals surface area contributed by atoms with Crippen LogP contribution in [0.4, 0.5) is 0 Å². The summed E-state index contributed by atoms with van der Waals surface area (Å²) in [5.74, 6) is 0.432. The van der Waals surface area contributed by atoms with E-state index in [0.29, 0.717) is 36.4 Å². The number of thiophene rings is 1. The third-order valence-electron chi connectivity index (χ3n) is 3.22. The predicted octanol–water partition coefficient (Wildman–Crippen LogP) is 0.370. The Hall–Kier alpha value is -1.16. The molecule has 7 nitrogen and oxygen atoms in total. The number of morpholine rings is 1. The standard InChI is InChI=1S/C13H22N4O3S2/c1-10-9-17(7-8-20-10)13(14)15-5-6-16-22(18,19)12-4-3-11(2)21-12/h3-4,10,16H,5-9H2,1-2H3,(H2,14,15). The molecule has 0 aliphatic carbocycles. The van der Waals surface area contributed by atoms with Gasteiger partial charge in [-0.15, -0.1) is 11.3 Å². The van der Waals surface area contributed by atoms with Gasteiger partial charge in [0, 0.05) is 24.5 Å². The highest BCUT2D eigenvalue weighted by atomic mass is 32.2. The summed E-state index contributed by atoms with van der Waals surface area (Å²) in [6, 6.07) is 3.39. The van der Waals surface area contributed by atoms with Gasteiger partial charge in [-0.25, -0.2) is 13.1 Å². The molecular formula is C13H22N4O3S2. The average Bonchev–Trinajstić information content (AvgIpc) is 2.91. The molecule has 0 amide bonds. The van der Waals surface area contributed by atoms with E-state index < -0.39 is 10.0 Å². The molecule has 1 atom stereocenters. The number of hydrogen-bond acceptors (Lipinski definition) is 5. The normalized spacial score (nSPS) is 20.4. The molecule has 2 heterocycles. The molecular weight excluding hydrogens is 324 g/mol. The number of sulfonamides is 1. The first-order valence-electron chi connectivity index (χ1n) is 7.11. The summed E-state index contributed by atoms with van der Waals surface area (Å²) in [4.78, 5) is 7.14. The molecule has 1 aromatic rings. The van der Waals surface area contributed by atoms with E-state index >= 15 is 0 Å².